The Morgan fingerprint density at radius 1 is 1.33 bits per heavy atom. The second kappa shape index (κ2) is 5.70. The lowest BCUT2D eigenvalue weighted by molar-refractivity contribution is 0.0697. The average Bonchev–Trinajstić information content (AvgIpc) is 2.93. The van der Waals surface area contributed by atoms with E-state index in [0.717, 1.165) is 0 Å². The van der Waals surface area contributed by atoms with Crippen LogP contribution in [0.4, 0.5) is 11.4 Å². The molecule has 6 heteroatoms. The number of carboxylic acid groups (broad SMARTS) is 1. The van der Waals surface area contributed by atoms with Crippen LogP contribution in [0.3, 0.4) is 0 Å². The predicted molar refractivity (Wildman–Crippen MR) is 78.6 cm³/mol. The highest BCUT2D eigenvalue weighted by Crippen LogP contribution is 2.26. The molecule has 2 aromatic rings. The van der Waals surface area contributed by atoms with Crippen molar-refractivity contribution >= 4 is 23.3 Å². The van der Waals surface area contributed by atoms with Crippen molar-refractivity contribution in [1.82, 2.24) is 0 Å². The van der Waals surface area contributed by atoms with E-state index in [2.05, 4.69) is 0 Å². The van der Waals surface area contributed by atoms with Gasteiger partial charge in [0.2, 0.25) is 0 Å². The molecule has 0 aliphatic heterocycles. The Hall–Kier alpha value is -2.76. The number of hydrogen-bond donors (Lipinski definition) is 2. The Bertz CT molecular complexity index is 691. The van der Waals surface area contributed by atoms with Crippen LogP contribution < -0.4 is 10.6 Å². The van der Waals surface area contributed by atoms with Gasteiger partial charge in [-0.05, 0) is 24.3 Å². The van der Waals surface area contributed by atoms with E-state index in [1.807, 2.05) is 6.92 Å². The van der Waals surface area contributed by atoms with Gasteiger partial charge < -0.3 is 20.2 Å². The molecule has 6 nitrogen and oxygen atoms in total. The summed E-state index contributed by atoms with van der Waals surface area (Å²) in [5.74, 6) is -0.715. The van der Waals surface area contributed by atoms with Crippen molar-refractivity contribution in [3.63, 3.8) is 0 Å². The third kappa shape index (κ3) is 2.74. The molecular weight excluding hydrogens is 272 g/mol. The molecule has 0 spiro atoms. The molecular formula is C15H16N2O4. The lowest BCUT2D eigenvalue weighted by atomic mass is 10.1. The number of carbonyl (C=O) groups excluding carboxylic acids is 1. The number of rotatable bonds is 4. The molecule has 1 amide bonds. The first-order chi connectivity index (χ1) is 9.95. The van der Waals surface area contributed by atoms with Crippen LogP contribution in [0.2, 0.25) is 0 Å². The van der Waals surface area contributed by atoms with Crippen LogP contribution in [-0.2, 0) is 6.42 Å². The Morgan fingerprint density at radius 2 is 2.05 bits per heavy atom. The number of carbonyl (C=O) groups is 2. The van der Waals surface area contributed by atoms with Crippen LogP contribution >= 0.6 is 0 Å². The molecule has 1 aromatic heterocycles. The summed E-state index contributed by atoms with van der Waals surface area (Å²) in [6.07, 6.45) is 2.08. The normalized spacial score (nSPS) is 10.4. The summed E-state index contributed by atoms with van der Waals surface area (Å²) < 4.78 is 5.25. The summed E-state index contributed by atoms with van der Waals surface area (Å²) in [6.45, 7) is 1.89. The molecule has 0 atom stereocenters. The minimum absolute atomic E-state index is 0.0784. The number of nitrogens with zero attached hydrogens (tertiary/aromatic N) is 1. The van der Waals surface area contributed by atoms with Crippen LogP contribution in [-0.4, -0.2) is 24.0 Å². The first kappa shape index (κ1) is 14.6. The molecule has 3 N–H and O–H groups in total. The van der Waals surface area contributed by atoms with Gasteiger partial charge in [0.1, 0.15) is 5.76 Å². The minimum Gasteiger partial charge on any atom is -0.478 e. The molecule has 0 radical (unpaired) electrons. The lowest BCUT2D eigenvalue weighted by Gasteiger charge is -2.19. The van der Waals surface area contributed by atoms with Gasteiger partial charge in [-0.15, -0.1) is 0 Å². The number of benzene rings is 1. The molecule has 0 bridgehead atoms. The van der Waals surface area contributed by atoms with Gasteiger partial charge >= 0.3 is 5.97 Å². The van der Waals surface area contributed by atoms with Gasteiger partial charge in [0.25, 0.3) is 5.91 Å². The highest BCUT2D eigenvalue weighted by Gasteiger charge is 2.20. The fourth-order valence-corrected chi connectivity index (χ4v) is 2.09. The number of aryl methyl sites for hydroxylation is 1. The topological polar surface area (TPSA) is 96.8 Å². The predicted octanol–water partition coefficient (Wildman–Crippen LogP) is 2.40. The standard InChI is InChI=1S/C15H16N2O4/c1-3-13-10(6-7-21-13)14(18)17(2)12-5-4-9(15(19)20)8-11(12)16/h4-8H,3,16H2,1-2H3,(H,19,20). The van der Waals surface area contributed by atoms with Crippen LogP contribution in [0.15, 0.2) is 34.9 Å². The average molecular weight is 288 g/mol. The molecule has 21 heavy (non-hydrogen) atoms. The summed E-state index contributed by atoms with van der Waals surface area (Å²) in [5, 5.41) is 8.92. The van der Waals surface area contributed by atoms with Crippen molar-refractivity contribution < 1.29 is 19.1 Å². The molecule has 0 aliphatic rings. The fraction of sp³-hybridized carbons (Fsp3) is 0.200. The van der Waals surface area contributed by atoms with Gasteiger partial charge in [-0.2, -0.15) is 0 Å². The quantitative estimate of drug-likeness (QED) is 0.842. The number of furan rings is 1. The number of nitrogens with two attached hydrogens (primary N) is 1. The largest absolute Gasteiger partial charge is 0.478 e. The number of aromatic carboxylic acids is 1. The van der Waals surface area contributed by atoms with Crippen LogP contribution in [0.1, 0.15) is 33.4 Å². The smallest absolute Gasteiger partial charge is 0.335 e. The first-order valence-corrected chi connectivity index (χ1v) is 6.43. The van der Waals surface area contributed by atoms with Crippen molar-refractivity contribution in [3.05, 3.63) is 47.4 Å². The van der Waals surface area contributed by atoms with E-state index in [-0.39, 0.29) is 17.2 Å². The molecule has 0 fully saturated rings. The van der Waals surface area contributed by atoms with E-state index in [4.69, 9.17) is 15.3 Å². The number of anilines is 2. The Balaban J connectivity index is 2.34. The van der Waals surface area contributed by atoms with Crippen LogP contribution in [0, 0.1) is 0 Å². The molecule has 110 valence electrons. The van der Waals surface area contributed by atoms with Crippen molar-refractivity contribution in [1.29, 1.82) is 0 Å². The van der Waals surface area contributed by atoms with Crippen LogP contribution in [0.25, 0.3) is 0 Å². The Morgan fingerprint density at radius 3 is 2.62 bits per heavy atom. The number of hydrogen-bond acceptors (Lipinski definition) is 4. The first-order valence-electron chi connectivity index (χ1n) is 6.43. The molecule has 1 aromatic carbocycles. The summed E-state index contributed by atoms with van der Waals surface area (Å²) in [5.41, 5.74) is 7.07. The monoisotopic (exact) mass is 288 g/mol. The highest BCUT2D eigenvalue weighted by molar-refractivity contribution is 6.08. The third-order valence-electron chi connectivity index (χ3n) is 3.24. The van der Waals surface area contributed by atoms with E-state index in [9.17, 15) is 9.59 Å². The zero-order valence-corrected chi connectivity index (χ0v) is 11.8. The zero-order chi connectivity index (χ0) is 15.6. The van der Waals surface area contributed by atoms with Gasteiger partial charge in [0.15, 0.2) is 0 Å². The minimum atomic E-state index is -1.06. The molecule has 0 saturated carbocycles. The van der Waals surface area contributed by atoms with Crippen molar-refractivity contribution in [2.75, 3.05) is 17.7 Å². The Labute approximate surface area is 121 Å². The van der Waals surface area contributed by atoms with Crippen molar-refractivity contribution in [3.8, 4) is 0 Å². The molecule has 2 rings (SSSR count). The van der Waals surface area contributed by atoms with E-state index in [0.29, 0.717) is 23.4 Å². The molecule has 1 heterocycles. The van der Waals surface area contributed by atoms with Crippen LogP contribution in [0.5, 0.6) is 0 Å². The van der Waals surface area contributed by atoms with Gasteiger partial charge in [0, 0.05) is 13.5 Å². The fourth-order valence-electron chi connectivity index (χ4n) is 2.09. The Kier molecular flexibility index (Phi) is 3.98. The van der Waals surface area contributed by atoms with Crippen molar-refractivity contribution in [2.24, 2.45) is 0 Å². The lowest BCUT2D eigenvalue weighted by Crippen LogP contribution is -2.27. The van der Waals surface area contributed by atoms with Gasteiger partial charge in [0.05, 0.1) is 28.8 Å². The molecule has 0 aliphatic carbocycles. The summed E-state index contributed by atoms with van der Waals surface area (Å²) in [4.78, 5) is 24.7. The number of carboxylic acids is 1. The van der Waals surface area contributed by atoms with E-state index < -0.39 is 5.97 Å². The summed E-state index contributed by atoms with van der Waals surface area (Å²) in [7, 11) is 1.58. The molecule has 0 saturated heterocycles. The van der Waals surface area contributed by atoms with Crippen molar-refractivity contribution in [2.45, 2.75) is 13.3 Å². The van der Waals surface area contributed by atoms with E-state index in [1.54, 1.807) is 13.1 Å². The number of amides is 1. The van der Waals surface area contributed by atoms with Gasteiger partial charge in [-0.25, -0.2) is 4.79 Å². The van der Waals surface area contributed by atoms with Gasteiger partial charge in [-0.1, -0.05) is 6.92 Å². The maximum atomic E-state index is 12.5. The second-order valence-corrected chi connectivity index (χ2v) is 4.55. The summed E-state index contributed by atoms with van der Waals surface area (Å²) >= 11 is 0. The summed E-state index contributed by atoms with van der Waals surface area (Å²) in [6, 6.07) is 5.87. The third-order valence-corrected chi connectivity index (χ3v) is 3.24. The van der Waals surface area contributed by atoms with E-state index >= 15 is 0 Å². The second-order valence-electron chi connectivity index (χ2n) is 4.55. The molecule has 0 unspecified atom stereocenters. The maximum Gasteiger partial charge on any atom is 0.335 e. The zero-order valence-electron chi connectivity index (χ0n) is 11.8. The number of nitrogen functional groups attached to an aromatic ring is 1. The maximum absolute atomic E-state index is 12.5. The van der Waals surface area contributed by atoms with Gasteiger partial charge in [-0.3, -0.25) is 4.79 Å². The SMILES string of the molecule is CCc1occc1C(=O)N(C)c1ccc(C(=O)O)cc1N. The van der Waals surface area contributed by atoms with E-state index in [1.165, 1.54) is 29.4 Å². The highest BCUT2D eigenvalue weighted by atomic mass is 16.4.